The number of carbonyl (C=O) groups excluding carboxylic acids is 2. The zero-order valence-electron chi connectivity index (χ0n) is 18.4. The van der Waals surface area contributed by atoms with Crippen molar-refractivity contribution in [2.45, 2.75) is 45.4 Å². The van der Waals surface area contributed by atoms with Crippen molar-refractivity contribution in [3.63, 3.8) is 0 Å². The van der Waals surface area contributed by atoms with Crippen molar-refractivity contribution in [3.8, 4) is 0 Å². The van der Waals surface area contributed by atoms with Gasteiger partial charge < -0.3 is 10.1 Å². The number of thiophene rings is 1. The molecule has 1 aliphatic heterocycles. The fraction of sp³-hybridized carbons (Fsp3) is 0.455. The molecule has 0 radical (unpaired) electrons. The summed E-state index contributed by atoms with van der Waals surface area (Å²) in [6.07, 6.45) is 0.847. The Morgan fingerprint density at radius 2 is 1.77 bits per heavy atom. The van der Waals surface area contributed by atoms with E-state index in [4.69, 9.17) is 4.74 Å². The second kappa shape index (κ2) is 9.10. The minimum absolute atomic E-state index is 0.199. The highest BCUT2D eigenvalue weighted by atomic mass is 32.2. The number of amides is 1. The van der Waals surface area contributed by atoms with Crippen molar-refractivity contribution in [1.82, 2.24) is 4.31 Å². The molecule has 2 aromatic rings. The van der Waals surface area contributed by atoms with E-state index in [0.29, 0.717) is 28.3 Å². The van der Waals surface area contributed by atoms with Gasteiger partial charge in [-0.05, 0) is 57.7 Å². The van der Waals surface area contributed by atoms with Crippen molar-refractivity contribution >= 4 is 38.2 Å². The van der Waals surface area contributed by atoms with Crippen LogP contribution in [0.1, 0.15) is 44.8 Å². The summed E-state index contributed by atoms with van der Waals surface area (Å²) in [4.78, 5) is 26.2. The largest absolute Gasteiger partial charge is 0.465 e. The Hall–Kier alpha value is -2.23. The van der Waals surface area contributed by atoms with Gasteiger partial charge in [0, 0.05) is 23.9 Å². The normalized spacial score (nSPS) is 15.6. The molecule has 168 valence electrons. The number of carbonyl (C=O) groups is 2. The van der Waals surface area contributed by atoms with Gasteiger partial charge in [-0.15, -0.1) is 11.3 Å². The molecule has 31 heavy (non-hydrogen) atoms. The number of hydrogen-bond acceptors (Lipinski definition) is 6. The van der Waals surface area contributed by atoms with E-state index in [1.165, 1.54) is 22.8 Å². The second-order valence-electron chi connectivity index (χ2n) is 7.92. The van der Waals surface area contributed by atoms with Gasteiger partial charge >= 0.3 is 5.97 Å². The summed E-state index contributed by atoms with van der Waals surface area (Å²) in [5, 5.41) is 3.35. The van der Waals surface area contributed by atoms with Crippen molar-refractivity contribution in [2.24, 2.45) is 5.92 Å². The maximum absolute atomic E-state index is 13.1. The van der Waals surface area contributed by atoms with Gasteiger partial charge in [-0.25, -0.2) is 13.2 Å². The van der Waals surface area contributed by atoms with Crippen LogP contribution in [0.15, 0.2) is 23.1 Å². The lowest BCUT2D eigenvalue weighted by atomic mass is 9.97. The molecular weight excluding hydrogens is 436 g/mol. The lowest BCUT2D eigenvalue weighted by Gasteiger charge is -2.31. The molecular formula is C22H28N2O5S2. The Kier molecular flexibility index (Phi) is 6.88. The highest BCUT2D eigenvalue weighted by Crippen LogP contribution is 2.34. The van der Waals surface area contributed by atoms with E-state index in [2.05, 4.69) is 5.32 Å². The van der Waals surface area contributed by atoms with Crippen LogP contribution < -0.4 is 5.32 Å². The first-order valence-corrected chi connectivity index (χ1v) is 12.4. The minimum atomic E-state index is -3.60. The van der Waals surface area contributed by atoms with Gasteiger partial charge in [0.1, 0.15) is 5.00 Å². The first-order chi connectivity index (χ1) is 14.6. The van der Waals surface area contributed by atoms with E-state index in [1.807, 2.05) is 26.8 Å². The van der Waals surface area contributed by atoms with Gasteiger partial charge in [0.15, 0.2) is 0 Å². The number of sulfonamides is 1. The number of rotatable bonds is 5. The van der Waals surface area contributed by atoms with Crippen molar-refractivity contribution in [1.29, 1.82) is 0 Å². The molecule has 1 N–H and O–H groups in total. The Bertz CT molecular complexity index is 1110. The molecule has 1 amide bonds. The van der Waals surface area contributed by atoms with Crippen molar-refractivity contribution < 1.29 is 22.7 Å². The Morgan fingerprint density at radius 1 is 1.13 bits per heavy atom. The number of ether oxygens (including phenoxy) is 1. The SMILES string of the molecule is COC(=O)c1c(NC(=O)C2CCN(S(=O)(=O)c3ccc(C)cc3C)CC2)sc(C)c1C. The van der Waals surface area contributed by atoms with Crippen LogP contribution in [-0.4, -0.2) is 44.8 Å². The van der Waals surface area contributed by atoms with Crippen LogP contribution in [0.5, 0.6) is 0 Å². The van der Waals surface area contributed by atoms with Crippen LogP contribution in [0.25, 0.3) is 0 Å². The average molecular weight is 465 g/mol. The van der Waals surface area contributed by atoms with E-state index in [9.17, 15) is 18.0 Å². The summed E-state index contributed by atoms with van der Waals surface area (Å²) in [7, 11) is -2.29. The van der Waals surface area contributed by atoms with Crippen molar-refractivity contribution in [2.75, 3.05) is 25.5 Å². The molecule has 0 saturated carbocycles. The number of methoxy groups -OCH3 is 1. The number of nitrogens with zero attached hydrogens (tertiary/aromatic N) is 1. The van der Waals surface area contributed by atoms with Gasteiger partial charge in [0.05, 0.1) is 17.6 Å². The van der Waals surface area contributed by atoms with Crippen LogP contribution in [0, 0.1) is 33.6 Å². The first kappa shape index (κ1) is 23.4. The number of hydrogen-bond donors (Lipinski definition) is 1. The molecule has 0 atom stereocenters. The molecule has 7 nitrogen and oxygen atoms in total. The summed E-state index contributed by atoms with van der Waals surface area (Å²) in [5.41, 5.74) is 2.91. The number of aryl methyl sites for hydroxylation is 3. The Balaban J connectivity index is 1.69. The molecule has 1 aromatic carbocycles. The third-order valence-electron chi connectivity index (χ3n) is 5.78. The van der Waals surface area contributed by atoms with Crippen LogP contribution in [0.2, 0.25) is 0 Å². The first-order valence-electron chi connectivity index (χ1n) is 10.1. The van der Waals surface area contributed by atoms with Gasteiger partial charge in [0.25, 0.3) is 0 Å². The fourth-order valence-electron chi connectivity index (χ4n) is 3.86. The minimum Gasteiger partial charge on any atom is -0.465 e. The summed E-state index contributed by atoms with van der Waals surface area (Å²) in [6.45, 7) is 7.99. The molecule has 0 spiro atoms. The van der Waals surface area contributed by atoms with E-state index in [1.54, 1.807) is 19.1 Å². The number of esters is 1. The average Bonchev–Trinajstić information content (AvgIpc) is 3.00. The predicted octanol–water partition coefficient (Wildman–Crippen LogP) is 3.81. The summed E-state index contributed by atoms with van der Waals surface area (Å²) in [6, 6.07) is 5.30. The van der Waals surface area contributed by atoms with Gasteiger partial charge in [-0.1, -0.05) is 17.7 Å². The molecule has 3 rings (SSSR count). The number of nitrogens with one attached hydrogen (secondary N) is 1. The van der Waals surface area contributed by atoms with E-state index in [-0.39, 0.29) is 24.9 Å². The Labute approximate surface area is 187 Å². The van der Waals surface area contributed by atoms with Crippen molar-refractivity contribution in [3.05, 3.63) is 45.3 Å². The van der Waals surface area contributed by atoms with Crippen LogP contribution in [0.4, 0.5) is 5.00 Å². The fourth-order valence-corrected chi connectivity index (χ4v) is 6.59. The maximum Gasteiger partial charge on any atom is 0.341 e. The topological polar surface area (TPSA) is 92.8 Å². The molecule has 1 saturated heterocycles. The van der Waals surface area contributed by atoms with Gasteiger partial charge in [-0.2, -0.15) is 4.31 Å². The zero-order chi connectivity index (χ0) is 22.9. The van der Waals surface area contributed by atoms with Crippen LogP contribution in [0.3, 0.4) is 0 Å². The van der Waals surface area contributed by atoms with Crippen LogP contribution >= 0.6 is 11.3 Å². The van der Waals surface area contributed by atoms with Gasteiger partial charge in [0.2, 0.25) is 15.9 Å². The highest BCUT2D eigenvalue weighted by molar-refractivity contribution is 7.89. The highest BCUT2D eigenvalue weighted by Gasteiger charge is 2.33. The molecule has 2 heterocycles. The smallest absolute Gasteiger partial charge is 0.341 e. The molecule has 1 aliphatic rings. The molecule has 0 bridgehead atoms. The number of piperidine rings is 1. The molecule has 1 aromatic heterocycles. The third kappa shape index (κ3) is 4.68. The number of benzene rings is 1. The molecule has 1 fully saturated rings. The van der Waals surface area contributed by atoms with E-state index in [0.717, 1.165) is 21.6 Å². The molecule has 0 aliphatic carbocycles. The quantitative estimate of drug-likeness (QED) is 0.680. The van der Waals surface area contributed by atoms with Crippen LogP contribution in [-0.2, 0) is 19.6 Å². The summed E-state index contributed by atoms with van der Waals surface area (Å²) >= 11 is 1.34. The number of anilines is 1. The summed E-state index contributed by atoms with van der Waals surface area (Å²) in [5.74, 6) is -1.000. The standard InChI is InChI=1S/C22H28N2O5S2/c1-13-6-7-18(14(2)12-13)31(27,28)24-10-8-17(9-11-24)20(25)23-21-19(22(26)29-5)15(3)16(4)30-21/h6-7,12,17H,8-11H2,1-5H3,(H,23,25). The Morgan fingerprint density at radius 3 is 2.35 bits per heavy atom. The zero-order valence-corrected chi connectivity index (χ0v) is 20.1. The maximum atomic E-state index is 13.1. The summed E-state index contributed by atoms with van der Waals surface area (Å²) < 4.78 is 32.4. The second-order valence-corrected chi connectivity index (χ2v) is 11.0. The molecule has 0 unspecified atom stereocenters. The van der Waals surface area contributed by atoms with Gasteiger partial charge in [-0.3, -0.25) is 4.79 Å². The lowest BCUT2D eigenvalue weighted by Crippen LogP contribution is -2.41. The molecule has 9 heteroatoms. The van der Waals surface area contributed by atoms with E-state index >= 15 is 0 Å². The van der Waals surface area contributed by atoms with E-state index < -0.39 is 16.0 Å². The lowest BCUT2D eigenvalue weighted by molar-refractivity contribution is -0.120. The monoisotopic (exact) mass is 464 g/mol. The predicted molar refractivity (Wildman–Crippen MR) is 121 cm³/mol. The third-order valence-corrected chi connectivity index (χ3v) is 8.97.